The molecule has 4 nitrogen and oxygen atoms in total. The van der Waals surface area contributed by atoms with Crippen LogP contribution in [-0.4, -0.2) is 25.7 Å². The lowest BCUT2D eigenvalue weighted by Gasteiger charge is -2.09. The largest absolute Gasteiger partial charge is 0.494 e. The van der Waals surface area contributed by atoms with Crippen molar-refractivity contribution in [3.8, 4) is 5.75 Å². The minimum Gasteiger partial charge on any atom is -0.494 e. The Balaban J connectivity index is 1.85. The summed E-state index contributed by atoms with van der Waals surface area (Å²) in [5, 5.41) is 3.41. The molecule has 0 radical (unpaired) electrons. The average Bonchev–Trinajstić information content (AvgIpc) is 3.00. The first kappa shape index (κ1) is 20.3. The molecule has 1 aliphatic rings. The molecule has 0 saturated heterocycles. The van der Waals surface area contributed by atoms with Crippen LogP contribution in [0.2, 0.25) is 0 Å². The Labute approximate surface area is 158 Å². The van der Waals surface area contributed by atoms with Crippen LogP contribution in [0.15, 0.2) is 35.5 Å². The van der Waals surface area contributed by atoms with E-state index in [2.05, 4.69) is 19.2 Å². The maximum absolute atomic E-state index is 12.1. The lowest BCUT2D eigenvalue weighted by Crippen LogP contribution is -2.17. The molecule has 1 aromatic rings. The van der Waals surface area contributed by atoms with E-state index in [9.17, 15) is 4.79 Å². The van der Waals surface area contributed by atoms with E-state index >= 15 is 0 Å². The second kappa shape index (κ2) is 11.6. The van der Waals surface area contributed by atoms with Crippen LogP contribution >= 0.6 is 0 Å². The Morgan fingerprint density at radius 3 is 2.46 bits per heavy atom. The van der Waals surface area contributed by atoms with E-state index in [-0.39, 0.29) is 5.97 Å². The van der Waals surface area contributed by atoms with E-state index in [1.54, 1.807) is 0 Å². The summed E-state index contributed by atoms with van der Waals surface area (Å²) in [7, 11) is 0. The lowest BCUT2D eigenvalue weighted by molar-refractivity contribution is -0.136. The van der Waals surface area contributed by atoms with Crippen molar-refractivity contribution in [1.29, 1.82) is 0 Å². The number of esters is 1. The Kier molecular flexibility index (Phi) is 9.08. The Hall–Kier alpha value is -1.97. The van der Waals surface area contributed by atoms with E-state index in [4.69, 9.17) is 9.47 Å². The normalized spacial score (nSPS) is 13.8. The monoisotopic (exact) mass is 359 g/mol. The molecule has 2 rings (SSSR count). The molecular weight excluding hydrogens is 326 g/mol. The zero-order valence-electron chi connectivity index (χ0n) is 16.3. The molecule has 0 aromatic heterocycles. The highest BCUT2D eigenvalue weighted by atomic mass is 16.5. The fourth-order valence-electron chi connectivity index (χ4n) is 2.98. The third-order valence-corrected chi connectivity index (χ3v) is 4.65. The van der Waals surface area contributed by atoms with Gasteiger partial charge in [-0.3, -0.25) is 0 Å². The van der Waals surface area contributed by atoms with Gasteiger partial charge in [-0.15, -0.1) is 0 Å². The molecule has 26 heavy (non-hydrogen) atoms. The predicted octanol–water partition coefficient (Wildman–Crippen LogP) is 4.78. The van der Waals surface area contributed by atoms with Gasteiger partial charge in [0.15, 0.2) is 0 Å². The Bertz CT molecular complexity index is 578. The van der Waals surface area contributed by atoms with Crippen LogP contribution in [0, 0.1) is 0 Å². The van der Waals surface area contributed by atoms with Gasteiger partial charge in [0.25, 0.3) is 0 Å². The van der Waals surface area contributed by atoms with Gasteiger partial charge >= 0.3 is 5.97 Å². The number of cyclic esters (lactones) is 1. The van der Waals surface area contributed by atoms with Gasteiger partial charge in [0.05, 0.1) is 17.9 Å². The van der Waals surface area contributed by atoms with Gasteiger partial charge in [0, 0.05) is 13.0 Å². The minimum absolute atomic E-state index is 0.193. The van der Waals surface area contributed by atoms with Crippen molar-refractivity contribution in [2.24, 2.45) is 0 Å². The molecule has 0 unspecified atom stereocenters. The van der Waals surface area contributed by atoms with Gasteiger partial charge in [0.1, 0.15) is 12.4 Å². The van der Waals surface area contributed by atoms with Crippen molar-refractivity contribution >= 4 is 5.97 Å². The van der Waals surface area contributed by atoms with Crippen LogP contribution in [0.4, 0.5) is 0 Å². The van der Waals surface area contributed by atoms with Crippen molar-refractivity contribution in [3.63, 3.8) is 0 Å². The number of carbonyl (C=O) groups excluding carboxylic acids is 1. The van der Waals surface area contributed by atoms with Crippen LogP contribution < -0.4 is 10.1 Å². The molecule has 4 heteroatoms. The van der Waals surface area contributed by atoms with Crippen LogP contribution in [0.5, 0.6) is 5.75 Å². The molecule has 1 aliphatic heterocycles. The molecule has 1 heterocycles. The number of ether oxygens (including phenoxy) is 2. The number of hydrogen-bond donors (Lipinski definition) is 1. The fraction of sp³-hybridized carbons (Fsp3) is 0.591. The average molecular weight is 360 g/mol. The van der Waals surface area contributed by atoms with Gasteiger partial charge in [-0.2, -0.15) is 0 Å². The first-order valence-electron chi connectivity index (χ1n) is 10.1. The van der Waals surface area contributed by atoms with Crippen molar-refractivity contribution in [3.05, 3.63) is 41.1 Å². The van der Waals surface area contributed by atoms with E-state index in [0.717, 1.165) is 55.0 Å². The first-order chi connectivity index (χ1) is 12.7. The molecule has 0 spiro atoms. The number of unbranched alkanes of at least 4 members (excludes halogenated alkanes) is 5. The molecule has 0 amide bonds. The molecule has 0 bridgehead atoms. The summed E-state index contributed by atoms with van der Waals surface area (Å²) in [5.74, 6) is 0.692. The fourth-order valence-corrected chi connectivity index (χ4v) is 2.98. The standard InChI is InChI=1S/C22H33NO3/c1-3-5-7-8-9-14-23-21-17-26-22(24)20(21)16-18-10-12-19(13-11-18)25-15-6-4-2/h10-13,23H,3-9,14-17H2,1-2H3. The molecule has 1 N–H and O–H groups in total. The van der Waals surface area contributed by atoms with Gasteiger partial charge in [0.2, 0.25) is 0 Å². The summed E-state index contributed by atoms with van der Waals surface area (Å²) in [4.78, 5) is 12.1. The summed E-state index contributed by atoms with van der Waals surface area (Å²) in [6.07, 6.45) is 9.00. The smallest absolute Gasteiger partial charge is 0.336 e. The van der Waals surface area contributed by atoms with Crippen molar-refractivity contribution < 1.29 is 14.3 Å². The third-order valence-electron chi connectivity index (χ3n) is 4.65. The van der Waals surface area contributed by atoms with Crippen LogP contribution in [0.3, 0.4) is 0 Å². The summed E-state index contributed by atoms with van der Waals surface area (Å²) < 4.78 is 10.9. The summed E-state index contributed by atoms with van der Waals surface area (Å²) in [5.41, 5.74) is 2.82. The summed E-state index contributed by atoms with van der Waals surface area (Å²) >= 11 is 0. The van der Waals surface area contributed by atoms with E-state index < -0.39 is 0 Å². The second-order valence-electron chi connectivity index (χ2n) is 6.90. The van der Waals surface area contributed by atoms with Gasteiger partial charge in [-0.25, -0.2) is 4.79 Å². The molecule has 1 aromatic carbocycles. The van der Waals surface area contributed by atoms with Gasteiger partial charge < -0.3 is 14.8 Å². The maximum Gasteiger partial charge on any atom is 0.336 e. The summed E-state index contributed by atoms with van der Waals surface area (Å²) in [6.45, 7) is 6.41. The number of hydrogen-bond acceptors (Lipinski definition) is 4. The van der Waals surface area contributed by atoms with Crippen LogP contribution in [0.1, 0.15) is 64.4 Å². The number of benzene rings is 1. The highest BCUT2D eigenvalue weighted by Crippen LogP contribution is 2.21. The summed E-state index contributed by atoms with van der Waals surface area (Å²) in [6, 6.07) is 8.02. The van der Waals surface area contributed by atoms with Crippen molar-refractivity contribution in [1.82, 2.24) is 5.32 Å². The molecule has 0 fully saturated rings. The van der Waals surface area contributed by atoms with Gasteiger partial charge in [-0.1, -0.05) is 58.1 Å². The zero-order valence-corrected chi connectivity index (χ0v) is 16.3. The molecule has 144 valence electrons. The maximum atomic E-state index is 12.1. The highest BCUT2D eigenvalue weighted by molar-refractivity contribution is 5.92. The zero-order chi connectivity index (χ0) is 18.6. The topological polar surface area (TPSA) is 47.6 Å². The molecule has 0 saturated carbocycles. The number of rotatable bonds is 13. The second-order valence-corrected chi connectivity index (χ2v) is 6.90. The van der Waals surface area contributed by atoms with Crippen LogP contribution in [0.25, 0.3) is 0 Å². The van der Waals surface area contributed by atoms with E-state index in [0.29, 0.717) is 13.0 Å². The SMILES string of the molecule is CCCCCCCNC1=C(Cc2ccc(OCCCC)cc2)C(=O)OC1. The molecular formula is C22H33NO3. The van der Waals surface area contributed by atoms with Crippen molar-refractivity contribution in [2.45, 2.75) is 65.2 Å². The quantitative estimate of drug-likeness (QED) is 0.407. The Morgan fingerprint density at radius 1 is 1.00 bits per heavy atom. The van der Waals surface area contributed by atoms with Crippen LogP contribution in [-0.2, 0) is 16.0 Å². The van der Waals surface area contributed by atoms with E-state index in [1.165, 1.54) is 25.7 Å². The third kappa shape index (κ3) is 6.74. The highest BCUT2D eigenvalue weighted by Gasteiger charge is 2.24. The first-order valence-corrected chi connectivity index (χ1v) is 10.1. The minimum atomic E-state index is -0.193. The van der Waals surface area contributed by atoms with E-state index in [1.807, 2.05) is 24.3 Å². The predicted molar refractivity (Wildman–Crippen MR) is 105 cm³/mol. The lowest BCUT2D eigenvalue weighted by atomic mass is 10.0. The van der Waals surface area contributed by atoms with Crippen molar-refractivity contribution in [2.75, 3.05) is 19.8 Å². The molecule has 0 aliphatic carbocycles. The molecule has 0 atom stereocenters. The van der Waals surface area contributed by atoms with Gasteiger partial charge in [-0.05, 0) is 30.5 Å². The number of carbonyl (C=O) groups is 1. The Morgan fingerprint density at radius 2 is 1.73 bits per heavy atom. The number of nitrogens with one attached hydrogen (secondary N) is 1.